The normalized spacial score (nSPS) is 15.7. The van der Waals surface area contributed by atoms with Gasteiger partial charge in [-0.1, -0.05) is 30.3 Å². The summed E-state index contributed by atoms with van der Waals surface area (Å²) in [5, 5.41) is 0. The van der Waals surface area contributed by atoms with Gasteiger partial charge in [-0.3, -0.25) is 9.78 Å². The number of pyridine rings is 1. The molecule has 35 heavy (non-hydrogen) atoms. The number of halogens is 3. The van der Waals surface area contributed by atoms with Crippen molar-refractivity contribution in [3.63, 3.8) is 0 Å². The van der Waals surface area contributed by atoms with Crippen molar-refractivity contribution >= 4 is 5.91 Å². The summed E-state index contributed by atoms with van der Waals surface area (Å²) in [4.78, 5) is 27.9. The largest absolute Gasteiger partial charge is 0.338 e. The average molecular weight is 474 g/mol. The molecule has 0 radical (unpaired) electrons. The monoisotopic (exact) mass is 474 g/mol. The van der Waals surface area contributed by atoms with Gasteiger partial charge in [0.1, 0.15) is 11.4 Å². The molecule has 1 aliphatic heterocycles. The molecule has 176 valence electrons. The maximum atomic E-state index is 14.3. The van der Waals surface area contributed by atoms with Crippen molar-refractivity contribution in [2.24, 2.45) is 0 Å². The first-order chi connectivity index (χ1) is 17.0. The van der Waals surface area contributed by atoms with Crippen LogP contribution in [0.5, 0.6) is 0 Å². The number of likely N-dealkylation sites (tertiary alicyclic amines) is 1. The van der Waals surface area contributed by atoms with Crippen molar-refractivity contribution in [3.05, 3.63) is 102 Å². The molecule has 8 heteroatoms. The van der Waals surface area contributed by atoms with Crippen molar-refractivity contribution in [2.45, 2.75) is 18.8 Å². The first-order valence-corrected chi connectivity index (χ1v) is 11.3. The van der Waals surface area contributed by atoms with E-state index in [0.717, 1.165) is 34.9 Å². The fraction of sp³-hybridized carbons (Fsp3) is 0.185. The molecular weight excluding hydrogens is 453 g/mol. The molecule has 5 nitrogen and oxygen atoms in total. The van der Waals surface area contributed by atoms with Crippen LogP contribution in [-0.4, -0.2) is 38.8 Å². The Balaban J connectivity index is 1.53. The second-order valence-electron chi connectivity index (χ2n) is 8.40. The molecule has 1 atom stereocenters. The minimum Gasteiger partial charge on any atom is -0.338 e. The lowest BCUT2D eigenvalue weighted by Crippen LogP contribution is -2.40. The van der Waals surface area contributed by atoms with E-state index in [0.29, 0.717) is 24.9 Å². The average Bonchev–Trinajstić information content (AvgIpc) is 2.91. The molecule has 2 aromatic carbocycles. The lowest BCUT2D eigenvalue weighted by Gasteiger charge is -2.33. The Bertz CT molecular complexity index is 1370. The Morgan fingerprint density at radius 1 is 0.914 bits per heavy atom. The summed E-state index contributed by atoms with van der Waals surface area (Å²) in [5.74, 6) is -4.35. The van der Waals surface area contributed by atoms with Gasteiger partial charge in [0, 0.05) is 48.7 Å². The van der Waals surface area contributed by atoms with Crippen molar-refractivity contribution in [1.82, 2.24) is 19.9 Å². The van der Waals surface area contributed by atoms with E-state index in [-0.39, 0.29) is 12.5 Å². The minimum atomic E-state index is -1.47. The molecule has 1 amide bonds. The molecule has 3 heterocycles. The van der Waals surface area contributed by atoms with Gasteiger partial charge >= 0.3 is 0 Å². The summed E-state index contributed by atoms with van der Waals surface area (Å²) in [6.07, 6.45) is 6.42. The molecule has 2 aromatic heterocycles. The summed E-state index contributed by atoms with van der Waals surface area (Å²) in [6, 6.07) is 14.7. The van der Waals surface area contributed by atoms with E-state index in [4.69, 9.17) is 4.98 Å². The SMILES string of the molecule is O=C(c1c(F)ccc(F)c1F)N1CCC[C@H](c2nc(-c3ccncc3)ncc2-c2ccccc2)C1. The number of piperidine rings is 1. The maximum absolute atomic E-state index is 14.3. The number of benzene rings is 2. The van der Waals surface area contributed by atoms with Crippen LogP contribution in [0, 0.1) is 17.5 Å². The standard InChI is InChI=1S/C27H21F3N4O/c28-21-8-9-22(29)24(30)23(21)27(35)34-14-4-7-19(16-34)25-20(17-5-2-1-3-6-17)15-32-26(33-25)18-10-12-31-13-11-18/h1-3,5-6,8-13,15,19H,4,7,14,16H2/t19-/m0/s1. The Morgan fingerprint density at radius 2 is 1.66 bits per heavy atom. The Labute approximate surface area is 200 Å². The fourth-order valence-electron chi connectivity index (χ4n) is 4.45. The molecule has 0 N–H and O–H groups in total. The quantitative estimate of drug-likeness (QED) is 0.359. The topological polar surface area (TPSA) is 59.0 Å². The zero-order valence-corrected chi connectivity index (χ0v) is 18.7. The molecule has 1 saturated heterocycles. The third-order valence-electron chi connectivity index (χ3n) is 6.19. The Morgan fingerprint density at radius 3 is 2.43 bits per heavy atom. The van der Waals surface area contributed by atoms with E-state index >= 15 is 0 Å². The number of amides is 1. The summed E-state index contributed by atoms with van der Waals surface area (Å²) in [7, 11) is 0. The molecular formula is C27H21F3N4O. The van der Waals surface area contributed by atoms with E-state index in [1.807, 2.05) is 42.5 Å². The predicted octanol–water partition coefficient (Wildman–Crippen LogP) is 5.64. The highest BCUT2D eigenvalue weighted by Crippen LogP contribution is 2.35. The highest BCUT2D eigenvalue weighted by Gasteiger charge is 2.32. The van der Waals surface area contributed by atoms with Crippen LogP contribution >= 0.6 is 0 Å². The first-order valence-electron chi connectivity index (χ1n) is 11.3. The van der Waals surface area contributed by atoms with Crippen LogP contribution in [-0.2, 0) is 0 Å². The van der Waals surface area contributed by atoms with E-state index in [1.54, 1.807) is 18.6 Å². The van der Waals surface area contributed by atoms with E-state index < -0.39 is 28.9 Å². The van der Waals surface area contributed by atoms with Crippen molar-refractivity contribution in [1.29, 1.82) is 0 Å². The van der Waals surface area contributed by atoms with Gasteiger partial charge in [0.25, 0.3) is 5.91 Å². The van der Waals surface area contributed by atoms with Crippen LogP contribution in [0.3, 0.4) is 0 Å². The number of carbonyl (C=O) groups is 1. The molecule has 0 bridgehead atoms. The third-order valence-corrected chi connectivity index (χ3v) is 6.19. The molecule has 1 fully saturated rings. The molecule has 0 spiro atoms. The number of carbonyl (C=O) groups excluding carboxylic acids is 1. The van der Waals surface area contributed by atoms with Crippen LogP contribution in [0.4, 0.5) is 13.2 Å². The van der Waals surface area contributed by atoms with Crippen LogP contribution in [0.1, 0.15) is 34.8 Å². The second-order valence-corrected chi connectivity index (χ2v) is 8.40. The summed E-state index contributed by atoms with van der Waals surface area (Å²) in [5.41, 5.74) is 2.43. The van der Waals surface area contributed by atoms with Gasteiger partial charge < -0.3 is 4.90 Å². The van der Waals surface area contributed by atoms with Crippen LogP contribution in [0.2, 0.25) is 0 Å². The highest BCUT2D eigenvalue weighted by atomic mass is 19.2. The van der Waals surface area contributed by atoms with E-state index in [9.17, 15) is 18.0 Å². The Hall–Kier alpha value is -4.07. The van der Waals surface area contributed by atoms with Gasteiger partial charge in [0.15, 0.2) is 17.5 Å². The molecule has 0 saturated carbocycles. The zero-order chi connectivity index (χ0) is 24.4. The first kappa shape index (κ1) is 22.7. The Kier molecular flexibility index (Phi) is 6.27. The third kappa shape index (κ3) is 4.51. The van der Waals surface area contributed by atoms with Crippen molar-refractivity contribution in [3.8, 4) is 22.5 Å². The number of rotatable bonds is 4. The van der Waals surface area contributed by atoms with Gasteiger partial charge in [-0.2, -0.15) is 0 Å². The number of hydrogen-bond donors (Lipinski definition) is 0. The lowest BCUT2D eigenvalue weighted by atomic mass is 9.89. The van der Waals surface area contributed by atoms with Crippen molar-refractivity contribution < 1.29 is 18.0 Å². The van der Waals surface area contributed by atoms with Gasteiger partial charge in [0.2, 0.25) is 0 Å². The molecule has 0 aliphatic carbocycles. The second kappa shape index (κ2) is 9.66. The van der Waals surface area contributed by atoms with Crippen LogP contribution in [0.25, 0.3) is 22.5 Å². The highest BCUT2D eigenvalue weighted by molar-refractivity contribution is 5.95. The van der Waals surface area contributed by atoms with Crippen molar-refractivity contribution in [2.75, 3.05) is 13.1 Å². The summed E-state index contributed by atoms with van der Waals surface area (Å²) < 4.78 is 42.4. The van der Waals surface area contributed by atoms with Gasteiger partial charge in [-0.05, 0) is 42.7 Å². The van der Waals surface area contributed by atoms with Gasteiger partial charge in [-0.25, -0.2) is 23.1 Å². The molecule has 0 unspecified atom stereocenters. The lowest BCUT2D eigenvalue weighted by molar-refractivity contribution is 0.0695. The van der Waals surface area contributed by atoms with E-state index in [1.165, 1.54) is 4.90 Å². The molecule has 1 aliphatic rings. The predicted molar refractivity (Wildman–Crippen MR) is 125 cm³/mol. The zero-order valence-electron chi connectivity index (χ0n) is 18.7. The minimum absolute atomic E-state index is 0.195. The van der Waals surface area contributed by atoms with Crippen LogP contribution in [0.15, 0.2) is 73.2 Å². The fourth-order valence-corrected chi connectivity index (χ4v) is 4.45. The van der Waals surface area contributed by atoms with Gasteiger partial charge in [-0.15, -0.1) is 0 Å². The number of aromatic nitrogens is 3. The molecule has 4 aromatic rings. The number of hydrogen-bond acceptors (Lipinski definition) is 4. The maximum Gasteiger partial charge on any atom is 0.259 e. The smallest absolute Gasteiger partial charge is 0.259 e. The number of nitrogens with zero attached hydrogens (tertiary/aromatic N) is 4. The van der Waals surface area contributed by atoms with Crippen LogP contribution < -0.4 is 0 Å². The molecule has 5 rings (SSSR count). The summed E-state index contributed by atoms with van der Waals surface area (Å²) in [6.45, 7) is 0.508. The summed E-state index contributed by atoms with van der Waals surface area (Å²) >= 11 is 0. The van der Waals surface area contributed by atoms with Gasteiger partial charge in [0.05, 0.1) is 5.69 Å². The van der Waals surface area contributed by atoms with E-state index in [2.05, 4.69) is 9.97 Å².